The van der Waals surface area contributed by atoms with Crippen molar-refractivity contribution in [3.63, 3.8) is 0 Å². The molecule has 2 rings (SSSR count). The fraction of sp³-hybridized carbons (Fsp3) is 0.353. The number of rotatable bonds is 5. The number of aromatic nitrogens is 2. The molecule has 0 bridgehead atoms. The van der Waals surface area contributed by atoms with E-state index >= 15 is 0 Å². The monoisotopic (exact) mass is 315 g/mol. The van der Waals surface area contributed by atoms with Crippen LogP contribution in [0.1, 0.15) is 29.9 Å². The van der Waals surface area contributed by atoms with Gasteiger partial charge < -0.3 is 10.1 Å². The fourth-order valence-corrected chi connectivity index (χ4v) is 1.99. The summed E-state index contributed by atoms with van der Waals surface area (Å²) in [4.78, 5) is 24.3. The van der Waals surface area contributed by atoms with Crippen LogP contribution < -0.4 is 15.5 Å². The Balaban J connectivity index is 2.45. The van der Waals surface area contributed by atoms with E-state index in [1.54, 1.807) is 0 Å². The molecule has 0 aliphatic heterocycles. The number of nitrogens with one attached hydrogen (secondary N) is 1. The van der Waals surface area contributed by atoms with Crippen LogP contribution in [0.15, 0.2) is 35.1 Å². The number of ether oxygens (including phenoxy) is 1. The molecule has 0 unspecified atom stereocenters. The van der Waals surface area contributed by atoms with Gasteiger partial charge in [0.25, 0.3) is 5.91 Å². The zero-order valence-corrected chi connectivity index (χ0v) is 13.8. The van der Waals surface area contributed by atoms with E-state index in [4.69, 9.17) is 4.74 Å². The SMILES string of the molecule is COc1cc(=O)c(C(=O)NCC(C)C)nn1-c1ccc(C)cc1. The van der Waals surface area contributed by atoms with Crippen LogP contribution in [0.2, 0.25) is 0 Å². The van der Waals surface area contributed by atoms with Crippen LogP contribution >= 0.6 is 0 Å². The Morgan fingerprint density at radius 1 is 1.30 bits per heavy atom. The lowest BCUT2D eigenvalue weighted by molar-refractivity contribution is 0.0940. The molecular formula is C17H21N3O3. The van der Waals surface area contributed by atoms with Gasteiger partial charge in [0, 0.05) is 6.54 Å². The highest BCUT2D eigenvalue weighted by Gasteiger charge is 2.17. The molecule has 0 saturated heterocycles. The predicted octanol–water partition coefficient (Wildman–Crippen LogP) is 1.94. The summed E-state index contributed by atoms with van der Waals surface area (Å²) < 4.78 is 6.66. The summed E-state index contributed by atoms with van der Waals surface area (Å²) >= 11 is 0. The molecule has 1 amide bonds. The smallest absolute Gasteiger partial charge is 0.275 e. The van der Waals surface area contributed by atoms with E-state index in [-0.39, 0.29) is 17.5 Å². The second kappa shape index (κ2) is 7.09. The summed E-state index contributed by atoms with van der Waals surface area (Å²) in [6, 6.07) is 8.83. The van der Waals surface area contributed by atoms with Crippen molar-refractivity contribution in [2.45, 2.75) is 20.8 Å². The fourth-order valence-electron chi connectivity index (χ4n) is 1.99. The minimum absolute atomic E-state index is 0.146. The number of carbonyl (C=O) groups excluding carboxylic acids is 1. The van der Waals surface area contributed by atoms with E-state index in [1.807, 2.05) is 45.0 Å². The molecule has 1 N–H and O–H groups in total. The van der Waals surface area contributed by atoms with Gasteiger partial charge in [-0.25, -0.2) is 4.68 Å². The molecule has 6 nitrogen and oxygen atoms in total. The van der Waals surface area contributed by atoms with Crippen LogP contribution in [-0.2, 0) is 0 Å². The van der Waals surface area contributed by atoms with Crippen LogP contribution in [0.5, 0.6) is 5.88 Å². The minimum Gasteiger partial charge on any atom is -0.481 e. The lowest BCUT2D eigenvalue weighted by atomic mass is 10.2. The quantitative estimate of drug-likeness (QED) is 0.915. The Hall–Kier alpha value is -2.63. The lowest BCUT2D eigenvalue weighted by Gasteiger charge is -2.13. The lowest BCUT2D eigenvalue weighted by Crippen LogP contribution is -2.33. The van der Waals surface area contributed by atoms with Gasteiger partial charge in [-0.3, -0.25) is 9.59 Å². The van der Waals surface area contributed by atoms with Crippen LogP contribution in [0.3, 0.4) is 0 Å². The highest BCUT2D eigenvalue weighted by Crippen LogP contribution is 2.15. The number of hydrogen-bond donors (Lipinski definition) is 1. The summed E-state index contributed by atoms with van der Waals surface area (Å²) in [7, 11) is 1.46. The van der Waals surface area contributed by atoms with Crippen LogP contribution in [-0.4, -0.2) is 29.3 Å². The largest absolute Gasteiger partial charge is 0.481 e. The first-order chi connectivity index (χ1) is 10.9. The molecule has 0 radical (unpaired) electrons. The number of benzene rings is 1. The highest BCUT2D eigenvalue weighted by atomic mass is 16.5. The summed E-state index contributed by atoms with van der Waals surface area (Å²) in [6.07, 6.45) is 0. The van der Waals surface area contributed by atoms with E-state index in [0.29, 0.717) is 12.2 Å². The molecule has 122 valence electrons. The minimum atomic E-state index is -0.479. The summed E-state index contributed by atoms with van der Waals surface area (Å²) in [5.41, 5.74) is 1.20. The summed E-state index contributed by atoms with van der Waals surface area (Å²) in [6.45, 7) is 6.42. The van der Waals surface area contributed by atoms with Crippen LogP contribution in [0, 0.1) is 12.8 Å². The Morgan fingerprint density at radius 2 is 1.96 bits per heavy atom. The predicted molar refractivity (Wildman–Crippen MR) is 88.3 cm³/mol. The molecule has 0 aliphatic carbocycles. The molecule has 1 aromatic heterocycles. The molecule has 0 saturated carbocycles. The van der Waals surface area contributed by atoms with Crippen molar-refractivity contribution >= 4 is 5.91 Å². The topological polar surface area (TPSA) is 73.2 Å². The molecule has 2 aromatic rings. The molecule has 0 atom stereocenters. The maximum atomic E-state index is 12.2. The van der Waals surface area contributed by atoms with Crippen LogP contribution in [0.4, 0.5) is 0 Å². The van der Waals surface area contributed by atoms with Crippen molar-refractivity contribution in [1.82, 2.24) is 15.1 Å². The van der Waals surface area contributed by atoms with Gasteiger partial charge in [0.2, 0.25) is 11.3 Å². The van der Waals surface area contributed by atoms with E-state index in [9.17, 15) is 9.59 Å². The average Bonchev–Trinajstić information content (AvgIpc) is 2.53. The van der Waals surface area contributed by atoms with Crippen molar-refractivity contribution in [3.8, 4) is 11.6 Å². The van der Waals surface area contributed by atoms with Gasteiger partial charge in [-0.1, -0.05) is 31.5 Å². The van der Waals surface area contributed by atoms with Gasteiger partial charge >= 0.3 is 0 Å². The Bertz CT molecular complexity index is 749. The Labute approximate surface area is 135 Å². The second-order valence-corrected chi connectivity index (χ2v) is 5.75. The Kier molecular flexibility index (Phi) is 5.16. The summed E-state index contributed by atoms with van der Waals surface area (Å²) in [5, 5.41) is 6.90. The molecule has 0 spiro atoms. The average molecular weight is 315 g/mol. The van der Waals surface area contributed by atoms with E-state index in [0.717, 1.165) is 5.56 Å². The normalized spacial score (nSPS) is 10.7. The van der Waals surface area contributed by atoms with Gasteiger partial charge in [0.05, 0.1) is 18.9 Å². The van der Waals surface area contributed by atoms with Crippen molar-refractivity contribution < 1.29 is 9.53 Å². The standard InChI is InChI=1S/C17H21N3O3/c1-11(2)10-18-17(22)16-14(21)9-15(23-4)20(19-16)13-7-5-12(3)6-8-13/h5-9,11H,10H2,1-4H3,(H,18,22). The van der Waals surface area contributed by atoms with Gasteiger partial charge in [-0.15, -0.1) is 0 Å². The first-order valence-corrected chi connectivity index (χ1v) is 7.46. The van der Waals surface area contributed by atoms with Crippen molar-refractivity contribution in [3.05, 3.63) is 51.8 Å². The second-order valence-electron chi connectivity index (χ2n) is 5.75. The molecule has 6 heteroatoms. The number of hydrogen-bond acceptors (Lipinski definition) is 4. The van der Waals surface area contributed by atoms with E-state index in [2.05, 4.69) is 10.4 Å². The Morgan fingerprint density at radius 3 is 2.52 bits per heavy atom. The third-order valence-corrected chi connectivity index (χ3v) is 3.27. The maximum Gasteiger partial charge on any atom is 0.275 e. The molecule has 1 heterocycles. The van der Waals surface area contributed by atoms with Crippen LogP contribution in [0.25, 0.3) is 5.69 Å². The zero-order valence-electron chi connectivity index (χ0n) is 13.8. The number of methoxy groups -OCH3 is 1. The molecule has 0 aliphatic rings. The van der Waals surface area contributed by atoms with Gasteiger partial charge in [-0.2, -0.15) is 5.10 Å². The zero-order chi connectivity index (χ0) is 17.0. The van der Waals surface area contributed by atoms with E-state index < -0.39 is 11.3 Å². The molecule has 0 fully saturated rings. The maximum absolute atomic E-state index is 12.2. The van der Waals surface area contributed by atoms with Gasteiger partial charge in [0.1, 0.15) is 0 Å². The van der Waals surface area contributed by atoms with Gasteiger partial charge in [-0.05, 0) is 25.0 Å². The van der Waals surface area contributed by atoms with Crippen molar-refractivity contribution in [1.29, 1.82) is 0 Å². The first-order valence-electron chi connectivity index (χ1n) is 7.46. The highest BCUT2D eigenvalue weighted by molar-refractivity contribution is 5.92. The van der Waals surface area contributed by atoms with Gasteiger partial charge in [0.15, 0.2) is 5.69 Å². The van der Waals surface area contributed by atoms with Crippen molar-refractivity contribution in [2.24, 2.45) is 5.92 Å². The third-order valence-electron chi connectivity index (χ3n) is 3.27. The number of aryl methyl sites for hydroxylation is 1. The third kappa shape index (κ3) is 3.97. The first kappa shape index (κ1) is 16.7. The number of nitrogens with zero attached hydrogens (tertiary/aromatic N) is 2. The molecular weight excluding hydrogens is 294 g/mol. The number of carbonyl (C=O) groups is 1. The molecule has 1 aromatic carbocycles. The van der Waals surface area contributed by atoms with Crippen molar-refractivity contribution in [2.75, 3.05) is 13.7 Å². The number of amides is 1. The molecule has 23 heavy (non-hydrogen) atoms. The summed E-state index contributed by atoms with van der Waals surface area (Å²) in [5.74, 6) is 0.0861. The van der Waals surface area contributed by atoms with E-state index in [1.165, 1.54) is 17.9 Å².